The summed E-state index contributed by atoms with van der Waals surface area (Å²) >= 11 is 0. The van der Waals surface area contributed by atoms with Crippen molar-refractivity contribution in [3.05, 3.63) is 70.9 Å². The Labute approximate surface area is 205 Å². The van der Waals surface area contributed by atoms with Gasteiger partial charge in [0.05, 0.1) is 17.7 Å². The van der Waals surface area contributed by atoms with Gasteiger partial charge in [-0.1, -0.05) is 18.2 Å². The number of rotatable bonds is 6. The zero-order chi connectivity index (χ0) is 24.5. The van der Waals surface area contributed by atoms with E-state index in [0.29, 0.717) is 43.6 Å². The maximum Gasteiger partial charge on any atom is 0.522 e. The number of aromatic nitrogens is 1. The van der Waals surface area contributed by atoms with Crippen molar-refractivity contribution in [3.8, 4) is 0 Å². The van der Waals surface area contributed by atoms with Crippen LogP contribution in [0.15, 0.2) is 42.6 Å². The molecule has 11 heteroatoms. The van der Waals surface area contributed by atoms with E-state index in [9.17, 15) is 26.7 Å². The van der Waals surface area contributed by atoms with Crippen molar-refractivity contribution in [3.63, 3.8) is 0 Å². The number of benzene rings is 2. The first-order chi connectivity index (χ1) is 16.2. The maximum atomic E-state index is 14.7. The molecule has 1 amide bonds. The van der Waals surface area contributed by atoms with Crippen molar-refractivity contribution in [2.45, 2.75) is 38.2 Å². The average Bonchev–Trinajstić information content (AvgIpc) is 3.18. The minimum absolute atomic E-state index is 0. The summed E-state index contributed by atoms with van der Waals surface area (Å²) in [4.78, 5) is 14.8. The standard InChI is InChI=1S/C24H24F5N3O2.ClH/c25-19-5-4-15(13-30)12-17(19)16-6-8-31(9-7-16)23(33)18-14-32(10-11-34-24(27,28)29)21-3-1-2-20(26)22(18)21;/h1-5,12,14,16H,6-11,13,30H2;1H. The molecule has 1 aliphatic rings. The van der Waals surface area contributed by atoms with Crippen LogP contribution >= 0.6 is 12.4 Å². The summed E-state index contributed by atoms with van der Waals surface area (Å²) < 4.78 is 71.3. The number of alkyl halides is 3. The van der Waals surface area contributed by atoms with Crippen molar-refractivity contribution >= 4 is 29.2 Å². The first-order valence-corrected chi connectivity index (χ1v) is 10.9. The van der Waals surface area contributed by atoms with Gasteiger partial charge < -0.3 is 15.2 Å². The van der Waals surface area contributed by atoms with Crippen molar-refractivity contribution < 1.29 is 31.5 Å². The van der Waals surface area contributed by atoms with Gasteiger partial charge in [-0.2, -0.15) is 0 Å². The normalized spacial score (nSPS) is 14.9. The molecule has 0 bridgehead atoms. The van der Waals surface area contributed by atoms with Gasteiger partial charge in [-0.05, 0) is 48.1 Å². The number of carbonyl (C=O) groups excluding carboxylic acids is 1. The number of amides is 1. The van der Waals surface area contributed by atoms with E-state index in [4.69, 9.17) is 5.73 Å². The Morgan fingerprint density at radius 3 is 2.46 bits per heavy atom. The molecular formula is C24H25ClF5N3O2. The molecule has 0 saturated carbocycles. The van der Waals surface area contributed by atoms with Crippen LogP contribution in [0.25, 0.3) is 10.9 Å². The van der Waals surface area contributed by atoms with Gasteiger partial charge in [-0.3, -0.25) is 9.53 Å². The molecule has 3 aromatic rings. The molecule has 1 fully saturated rings. The zero-order valence-electron chi connectivity index (χ0n) is 18.7. The van der Waals surface area contributed by atoms with E-state index in [0.717, 1.165) is 5.56 Å². The second kappa shape index (κ2) is 10.9. The molecule has 1 saturated heterocycles. The summed E-state index contributed by atoms with van der Waals surface area (Å²) in [5.74, 6) is -1.44. The number of nitrogens with two attached hydrogens (primary N) is 1. The van der Waals surface area contributed by atoms with Gasteiger partial charge >= 0.3 is 6.36 Å². The molecule has 0 radical (unpaired) electrons. The van der Waals surface area contributed by atoms with E-state index in [1.165, 1.54) is 29.0 Å². The molecule has 0 atom stereocenters. The average molecular weight is 518 g/mol. The third-order valence-electron chi connectivity index (χ3n) is 6.20. The minimum atomic E-state index is -4.78. The summed E-state index contributed by atoms with van der Waals surface area (Å²) in [6, 6.07) is 8.97. The molecule has 2 heterocycles. The smallest absolute Gasteiger partial charge is 0.344 e. The molecule has 1 aromatic heterocycles. The van der Waals surface area contributed by atoms with Gasteiger partial charge in [0.1, 0.15) is 11.6 Å². The lowest BCUT2D eigenvalue weighted by Crippen LogP contribution is -2.38. The van der Waals surface area contributed by atoms with Crippen molar-refractivity contribution in [2.24, 2.45) is 5.73 Å². The van der Waals surface area contributed by atoms with Crippen molar-refractivity contribution in [1.82, 2.24) is 9.47 Å². The summed E-state index contributed by atoms with van der Waals surface area (Å²) in [7, 11) is 0. The Bertz CT molecular complexity index is 1190. The predicted molar refractivity (Wildman–Crippen MR) is 123 cm³/mol. The number of piperidine rings is 1. The van der Waals surface area contributed by atoms with Gasteiger partial charge in [0.25, 0.3) is 5.91 Å². The summed E-state index contributed by atoms with van der Waals surface area (Å²) in [5.41, 5.74) is 7.45. The van der Waals surface area contributed by atoms with Gasteiger partial charge in [-0.25, -0.2) is 8.78 Å². The monoisotopic (exact) mass is 517 g/mol. The SMILES string of the molecule is Cl.NCc1ccc(F)c(C2CCN(C(=O)c3cn(CCOC(F)(F)F)c4cccc(F)c34)CC2)c1. The van der Waals surface area contributed by atoms with Gasteiger partial charge in [0.2, 0.25) is 0 Å². The highest BCUT2D eigenvalue weighted by Gasteiger charge is 2.30. The molecule has 0 spiro atoms. The summed E-state index contributed by atoms with van der Waals surface area (Å²) in [5, 5.41) is 0.0586. The van der Waals surface area contributed by atoms with E-state index in [1.807, 2.05) is 0 Å². The number of halogens is 6. The molecule has 2 N–H and O–H groups in total. The molecule has 2 aromatic carbocycles. The van der Waals surface area contributed by atoms with Gasteiger partial charge in [-0.15, -0.1) is 25.6 Å². The van der Waals surface area contributed by atoms with E-state index in [-0.39, 0.29) is 41.6 Å². The Morgan fingerprint density at radius 1 is 1.09 bits per heavy atom. The summed E-state index contributed by atoms with van der Waals surface area (Å²) in [6.07, 6.45) is -2.36. The second-order valence-corrected chi connectivity index (χ2v) is 8.29. The van der Waals surface area contributed by atoms with Crippen LogP contribution in [0.5, 0.6) is 0 Å². The van der Waals surface area contributed by atoms with Crippen LogP contribution in [-0.2, 0) is 17.8 Å². The number of hydrogen-bond acceptors (Lipinski definition) is 3. The molecule has 0 aliphatic carbocycles. The van der Waals surface area contributed by atoms with Crippen LogP contribution in [0.3, 0.4) is 0 Å². The van der Waals surface area contributed by atoms with Crippen LogP contribution < -0.4 is 5.73 Å². The van der Waals surface area contributed by atoms with E-state index >= 15 is 0 Å². The quantitative estimate of drug-likeness (QED) is 0.448. The van der Waals surface area contributed by atoms with Crippen molar-refractivity contribution in [2.75, 3.05) is 19.7 Å². The highest BCUT2D eigenvalue weighted by molar-refractivity contribution is 6.07. The largest absolute Gasteiger partial charge is 0.522 e. The van der Waals surface area contributed by atoms with E-state index < -0.39 is 24.7 Å². The zero-order valence-corrected chi connectivity index (χ0v) is 19.5. The van der Waals surface area contributed by atoms with Crippen molar-refractivity contribution in [1.29, 1.82) is 0 Å². The van der Waals surface area contributed by atoms with Crippen LogP contribution in [0.1, 0.15) is 40.2 Å². The molecule has 5 nitrogen and oxygen atoms in total. The lowest BCUT2D eigenvalue weighted by molar-refractivity contribution is -0.325. The first kappa shape index (κ1) is 26.9. The maximum absolute atomic E-state index is 14.7. The molecule has 0 unspecified atom stereocenters. The number of hydrogen-bond donors (Lipinski definition) is 1. The lowest BCUT2D eigenvalue weighted by Gasteiger charge is -2.32. The number of likely N-dealkylation sites (tertiary alicyclic amines) is 1. The molecule has 35 heavy (non-hydrogen) atoms. The third kappa shape index (κ3) is 5.94. The van der Waals surface area contributed by atoms with E-state index in [1.54, 1.807) is 23.1 Å². The fourth-order valence-electron chi connectivity index (χ4n) is 4.51. The Kier molecular flexibility index (Phi) is 8.40. The third-order valence-corrected chi connectivity index (χ3v) is 6.20. The highest BCUT2D eigenvalue weighted by atomic mass is 35.5. The number of nitrogens with zero attached hydrogens (tertiary/aromatic N) is 2. The number of carbonyl (C=O) groups is 1. The minimum Gasteiger partial charge on any atom is -0.344 e. The molecule has 4 rings (SSSR count). The van der Waals surface area contributed by atoms with Crippen LogP contribution in [-0.4, -0.2) is 41.4 Å². The Morgan fingerprint density at radius 2 is 1.80 bits per heavy atom. The Hall–Kier alpha value is -2.69. The molecular weight excluding hydrogens is 493 g/mol. The first-order valence-electron chi connectivity index (χ1n) is 10.9. The lowest BCUT2D eigenvalue weighted by atomic mass is 9.88. The van der Waals surface area contributed by atoms with Crippen LogP contribution in [0, 0.1) is 11.6 Å². The molecule has 1 aliphatic heterocycles. The van der Waals surface area contributed by atoms with Gasteiger partial charge in [0, 0.05) is 37.8 Å². The van der Waals surface area contributed by atoms with Crippen LogP contribution in [0.4, 0.5) is 22.0 Å². The number of fused-ring (bicyclic) bond motifs is 1. The fraction of sp³-hybridized carbons (Fsp3) is 0.375. The second-order valence-electron chi connectivity index (χ2n) is 8.29. The Balaban J connectivity index is 0.00000342. The molecule has 190 valence electrons. The topological polar surface area (TPSA) is 60.5 Å². The fourth-order valence-corrected chi connectivity index (χ4v) is 4.51. The van der Waals surface area contributed by atoms with E-state index in [2.05, 4.69) is 4.74 Å². The van der Waals surface area contributed by atoms with Crippen LogP contribution in [0.2, 0.25) is 0 Å². The number of ether oxygens (including phenoxy) is 1. The summed E-state index contributed by atoms with van der Waals surface area (Å²) in [6.45, 7) is 0.109. The highest BCUT2D eigenvalue weighted by Crippen LogP contribution is 2.32. The predicted octanol–water partition coefficient (Wildman–Crippen LogP) is 5.36. The van der Waals surface area contributed by atoms with Gasteiger partial charge in [0.15, 0.2) is 0 Å².